The third-order valence-corrected chi connectivity index (χ3v) is 4.88. The number of hydrogen-bond donors (Lipinski definition) is 3. The molecule has 3 N–H and O–H groups in total. The van der Waals surface area contributed by atoms with Gasteiger partial charge in [-0.2, -0.15) is 15.3 Å². The number of nitrogens with one attached hydrogen (secondary N) is 3. The minimum atomic E-state index is -0.227. The maximum atomic E-state index is 11.1. The third-order valence-electron chi connectivity index (χ3n) is 4.88. The Bertz CT molecular complexity index is 1030. The Morgan fingerprint density at radius 1 is 0.778 bits per heavy atom. The van der Waals surface area contributed by atoms with E-state index in [-0.39, 0.29) is 5.56 Å². The Morgan fingerprint density at radius 2 is 1.52 bits per heavy atom. The fraction of sp³-hybridized carbons (Fsp3) is 0.300. The first kappa shape index (κ1) is 17.2. The van der Waals surface area contributed by atoms with Crippen LogP contribution < -0.4 is 5.56 Å². The van der Waals surface area contributed by atoms with Crippen molar-refractivity contribution >= 4 is 10.9 Å². The smallest absolute Gasteiger partial charge is 0.264 e. The standard InChI is InChI=1S/C14H10N6O.C6H12/c21-13-4-3-12(18-19-13)10-2-1-9(8-5-15-16-6-8)11-7-17-20-14(10)11;1-2-4-6-5-3-1/h1-7H,(H,15,16)(H,17,20)(H,19,21);1-6H2. The van der Waals surface area contributed by atoms with Gasteiger partial charge in [0.15, 0.2) is 0 Å². The lowest BCUT2D eigenvalue weighted by atomic mass is 10.0. The van der Waals surface area contributed by atoms with Crippen LogP contribution in [0.25, 0.3) is 33.3 Å². The Hall–Kier alpha value is -3.22. The van der Waals surface area contributed by atoms with Crippen LogP contribution in [0.1, 0.15) is 38.5 Å². The van der Waals surface area contributed by atoms with Crippen molar-refractivity contribution in [2.75, 3.05) is 0 Å². The molecule has 0 aliphatic heterocycles. The number of H-pyrrole nitrogens is 3. The fourth-order valence-corrected chi connectivity index (χ4v) is 3.45. The number of benzene rings is 1. The maximum absolute atomic E-state index is 11.1. The van der Waals surface area contributed by atoms with E-state index in [1.165, 1.54) is 44.6 Å². The predicted molar refractivity (Wildman–Crippen MR) is 105 cm³/mol. The van der Waals surface area contributed by atoms with Crippen LogP contribution in [-0.2, 0) is 0 Å². The average molecular weight is 362 g/mol. The molecule has 0 amide bonds. The van der Waals surface area contributed by atoms with E-state index in [0.717, 1.165) is 27.6 Å². The number of fused-ring (bicyclic) bond motifs is 1. The number of aromatic amines is 3. The SMILES string of the molecule is C1CCCCC1.O=c1ccc(-c2ccc(-c3cn[nH]c3)c3cn[nH]c23)n[nH]1. The van der Waals surface area contributed by atoms with Gasteiger partial charge in [0.2, 0.25) is 0 Å². The van der Waals surface area contributed by atoms with Crippen LogP contribution in [0.5, 0.6) is 0 Å². The zero-order valence-electron chi connectivity index (χ0n) is 15.0. The lowest BCUT2D eigenvalue weighted by molar-refractivity contribution is 0.504. The average Bonchev–Trinajstić information content (AvgIpc) is 3.42. The topological polar surface area (TPSA) is 103 Å². The van der Waals surface area contributed by atoms with Crippen molar-refractivity contribution < 1.29 is 0 Å². The van der Waals surface area contributed by atoms with Gasteiger partial charge in [-0.1, -0.05) is 44.6 Å². The highest BCUT2D eigenvalue weighted by atomic mass is 16.1. The van der Waals surface area contributed by atoms with Crippen LogP contribution >= 0.6 is 0 Å². The second kappa shape index (κ2) is 7.99. The largest absolute Gasteiger partial charge is 0.285 e. The van der Waals surface area contributed by atoms with Crippen LogP contribution in [-0.4, -0.2) is 30.6 Å². The lowest BCUT2D eigenvalue weighted by Gasteiger charge is -2.05. The summed E-state index contributed by atoms with van der Waals surface area (Å²) >= 11 is 0. The summed E-state index contributed by atoms with van der Waals surface area (Å²) in [5.41, 5.74) is 4.22. The molecule has 0 bridgehead atoms. The van der Waals surface area contributed by atoms with Crippen molar-refractivity contribution in [2.45, 2.75) is 38.5 Å². The van der Waals surface area contributed by atoms with Gasteiger partial charge < -0.3 is 0 Å². The highest BCUT2D eigenvalue weighted by molar-refractivity contribution is 6.01. The molecule has 3 heterocycles. The van der Waals surface area contributed by atoms with E-state index in [1.54, 1.807) is 18.5 Å². The van der Waals surface area contributed by atoms with Gasteiger partial charge in [0.1, 0.15) is 0 Å². The van der Waals surface area contributed by atoms with E-state index in [1.807, 2.05) is 18.3 Å². The van der Waals surface area contributed by atoms with E-state index < -0.39 is 0 Å². The highest BCUT2D eigenvalue weighted by Gasteiger charge is 2.12. The minimum absolute atomic E-state index is 0.227. The van der Waals surface area contributed by atoms with E-state index in [9.17, 15) is 4.79 Å². The van der Waals surface area contributed by atoms with Crippen molar-refractivity contribution in [3.05, 3.63) is 53.2 Å². The molecule has 0 radical (unpaired) electrons. The molecule has 7 nitrogen and oxygen atoms in total. The molecule has 3 aromatic heterocycles. The molecule has 0 spiro atoms. The normalized spacial score (nSPS) is 13.9. The molecule has 1 aromatic carbocycles. The molecule has 7 heteroatoms. The number of rotatable bonds is 2. The van der Waals surface area contributed by atoms with Crippen LogP contribution in [0.4, 0.5) is 0 Å². The molecule has 0 unspecified atom stereocenters. The van der Waals surface area contributed by atoms with E-state index in [2.05, 4.69) is 30.6 Å². The lowest BCUT2D eigenvalue weighted by Crippen LogP contribution is -2.05. The second-order valence-electron chi connectivity index (χ2n) is 6.73. The highest BCUT2D eigenvalue weighted by Crippen LogP contribution is 2.32. The summed E-state index contributed by atoms with van der Waals surface area (Å²) in [6.07, 6.45) is 14.4. The van der Waals surface area contributed by atoms with Crippen molar-refractivity contribution in [1.29, 1.82) is 0 Å². The molecule has 0 atom stereocenters. The zero-order chi connectivity index (χ0) is 18.5. The number of nitrogens with zero attached hydrogens (tertiary/aromatic N) is 3. The number of aromatic nitrogens is 6. The van der Waals surface area contributed by atoms with Gasteiger partial charge in [-0.25, -0.2) is 5.10 Å². The van der Waals surface area contributed by atoms with Crippen LogP contribution in [0, 0.1) is 0 Å². The van der Waals surface area contributed by atoms with Gasteiger partial charge in [-0.3, -0.25) is 15.0 Å². The first-order valence-corrected chi connectivity index (χ1v) is 9.34. The van der Waals surface area contributed by atoms with E-state index in [4.69, 9.17) is 0 Å². The van der Waals surface area contributed by atoms with Crippen LogP contribution in [0.3, 0.4) is 0 Å². The summed E-state index contributed by atoms with van der Waals surface area (Å²) in [6.45, 7) is 0. The summed E-state index contributed by atoms with van der Waals surface area (Å²) in [5.74, 6) is 0. The van der Waals surface area contributed by atoms with Crippen LogP contribution in [0.15, 0.2) is 47.7 Å². The summed E-state index contributed by atoms with van der Waals surface area (Å²) in [5, 5.41) is 21.4. The van der Waals surface area contributed by atoms with Crippen molar-refractivity contribution in [1.82, 2.24) is 30.6 Å². The first-order chi connectivity index (χ1) is 13.3. The molecule has 5 rings (SSSR count). The summed E-state index contributed by atoms with van der Waals surface area (Å²) in [4.78, 5) is 11.1. The molecule has 1 saturated carbocycles. The molecular weight excluding hydrogens is 340 g/mol. The predicted octanol–water partition coefficient (Wildman–Crippen LogP) is 4.04. The Morgan fingerprint density at radius 3 is 2.15 bits per heavy atom. The second-order valence-corrected chi connectivity index (χ2v) is 6.73. The molecule has 138 valence electrons. The summed E-state index contributed by atoms with van der Waals surface area (Å²) in [6, 6.07) is 7.08. The van der Waals surface area contributed by atoms with Gasteiger partial charge in [0.05, 0.1) is 23.6 Å². The van der Waals surface area contributed by atoms with E-state index in [0.29, 0.717) is 5.69 Å². The molecule has 1 aliphatic rings. The van der Waals surface area contributed by atoms with Gasteiger partial charge in [-0.15, -0.1) is 0 Å². The molecule has 27 heavy (non-hydrogen) atoms. The molecular formula is C20H22N6O. The minimum Gasteiger partial charge on any atom is -0.285 e. The van der Waals surface area contributed by atoms with E-state index >= 15 is 0 Å². The molecule has 1 fully saturated rings. The number of hydrogen-bond acceptors (Lipinski definition) is 4. The fourth-order valence-electron chi connectivity index (χ4n) is 3.45. The summed E-state index contributed by atoms with van der Waals surface area (Å²) < 4.78 is 0. The van der Waals surface area contributed by atoms with Gasteiger partial charge in [0.25, 0.3) is 5.56 Å². The maximum Gasteiger partial charge on any atom is 0.264 e. The summed E-state index contributed by atoms with van der Waals surface area (Å²) in [7, 11) is 0. The monoisotopic (exact) mass is 362 g/mol. The molecule has 1 aliphatic carbocycles. The molecule has 4 aromatic rings. The van der Waals surface area contributed by atoms with Crippen molar-refractivity contribution in [3.8, 4) is 22.4 Å². The first-order valence-electron chi connectivity index (χ1n) is 9.34. The Kier molecular flexibility index (Phi) is 5.09. The van der Waals surface area contributed by atoms with Crippen molar-refractivity contribution in [3.63, 3.8) is 0 Å². The van der Waals surface area contributed by atoms with Gasteiger partial charge in [0, 0.05) is 28.8 Å². The zero-order valence-corrected chi connectivity index (χ0v) is 15.0. The van der Waals surface area contributed by atoms with Crippen molar-refractivity contribution in [2.24, 2.45) is 0 Å². The molecule has 0 saturated heterocycles. The Labute approximate surface area is 156 Å². The third kappa shape index (κ3) is 3.81. The van der Waals surface area contributed by atoms with Gasteiger partial charge in [-0.05, 0) is 17.7 Å². The quantitative estimate of drug-likeness (QED) is 0.500. The van der Waals surface area contributed by atoms with Crippen LogP contribution in [0.2, 0.25) is 0 Å². The van der Waals surface area contributed by atoms with Gasteiger partial charge >= 0.3 is 0 Å². The Balaban J connectivity index is 0.000000257.